The average molecular weight is 489 g/mol. The van der Waals surface area contributed by atoms with Gasteiger partial charge in [-0.25, -0.2) is 22.0 Å². The zero-order valence-electron chi connectivity index (χ0n) is 19.5. The van der Waals surface area contributed by atoms with E-state index in [1.54, 1.807) is 36.4 Å². The summed E-state index contributed by atoms with van der Waals surface area (Å²) in [4.78, 5) is 12.0. The predicted molar refractivity (Wildman–Crippen MR) is 129 cm³/mol. The highest BCUT2D eigenvalue weighted by molar-refractivity contribution is 7.92. The molecule has 4 rings (SSSR count). The number of hydrogen-bond acceptors (Lipinski definition) is 4. The Labute approximate surface area is 198 Å². The molecule has 1 fully saturated rings. The van der Waals surface area contributed by atoms with E-state index in [1.165, 1.54) is 6.07 Å². The highest BCUT2D eigenvalue weighted by atomic mass is 32.2. The minimum Gasteiger partial charge on any atom is -0.423 e. The third-order valence-corrected chi connectivity index (χ3v) is 9.10. The van der Waals surface area contributed by atoms with Gasteiger partial charge in [-0.05, 0) is 60.6 Å². The molecule has 3 aromatic rings. The zero-order valence-corrected chi connectivity index (χ0v) is 20.3. The van der Waals surface area contributed by atoms with Gasteiger partial charge in [0.15, 0.2) is 9.84 Å². The Morgan fingerprint density at radius 2 is 1.56 bits per heavy atom. The van der Waals surface area contributed by atoms with Crippen molar-refractivity contribution in [3.63, 3.8) is 0 Å². The molecule has 34 heavy (non-hydrogen) atoms. The van der Waals surface area contributed by atoms with Crippen LogP contribution in [0.15, 0.2) is 62.6 Å². The topological polar surface area (TPSA) is 64.3 Å². The Morgan fingerprint density at radius 1 is 0.941 bits per heavy atom. The van der Waals surface area contributed by atoms with E-state index in [0.29, 0.717) is 30.1 Å². The van der Waals surface area contributed by atoms with Crippen LogP contribution in [-0.2, 0) is 22.2 Å². The molecular formula is C27H30F2O4S. The maximum atomic E-state index is 14.1. The third kappa shape index (κ3) is 5.40. The van der Waals surface area contributed by atoms with Crippen LogP contribution in [0.5, 0.6) is 0 Å². The molecule has 0 atom stereocenters. The van der Waals surface area contributed by atoms with Crippen molar-refractivity contribution < 1.29 is 21.6 Å². The Balaban J connectivity index is 1.56. The number of hydrogen-bond donors (Lipinski definition) is 0. The third-order valence-electron chi connectivity index (χ3n) is 6.82. The summed E-state index contributed by atoms with van der Waals surface area (Å²) in [6.07, 6.45) is 5.86. The summed E-state index contributed by atoms with van der Waals surface area (Å²) in [6, 6.07) is 12.5. The molecule has 1 aliphatic carbocycles. The number of halogens is 2. The lowest BCUT2D eigenvalue weighted by molar-refractivity contribution is 0.0186. The van der Waals surface area contributed by atoms with Crippen molar-refractivity contribution in [2.75, 3.05) is 0 Å². The Bertz CT molecular complexity index is 1310. The van der Waals surface area contributed by atoms with Crippen molar-refractivity contribution in [2.24, 2.45) is 5.92 Å². The lowest BCUT2D eigenvalue weighted by Gasteiger charge is -2.22. The lowest BCUT2D eigenvalue weighted by atomic mass is 9.92. The minimum absolute atomic E-state index is 0.114. The Morgan fingerprint density at radius 3 is 2.18 bits per heavy atom. The van der Waals surface area contributed by atoms with Crippen molar-refractivity contribution in [3.8, 4) is 0 Å². The van der Waals surface area contributed by atoms with Crippen molar-refractivity contribution in [1.82, 2.24) is 0 Å². The molecule has 0 bridgehead atoms. The molecule has 0 spiro atoms. The first kappa shape index (κ1) is 24.6. The first-order valence-corrected chi connectivity index (χ1v) is 13.4. The van der Waals surface area contributed by atoms with E-state index < -0.39 is 21.4 Å². The molecule has 1 saturated carbocycles. The quantitative estimate of drug-likeness (QED) is 0.378. The molecule has 0 saturated heterocycles. The molecule has 1 heterocycles. The van der Waals surface area contributed by atoms with E-state index in [2.05, 4.69) is 6.92 Å². The SMILES string of the molecule is CC1CCCC(S(=O)(=O)c2ccc(Cc3ccc4oc(=O)cc(C(C)(F)F)c4c3)cc2)CCC1. The molecule has 0 radical (unpaired) electrons. The van der Waals surface area contributed by atoms with E-state index in [-0.39, 0.29) is 21.8 Å². The number of sulfone groups is 1. The fraction of sp³-hybridized carbons (Fsp3) is 0.444. The molecule has 1 aliphatic rings. The minimum atomic E-state index is -3.39. The van der Waals surface area contributed by atoms with Crippen molar-refractivity contribution in [2.45, 2.75) is 74.9 Å². The summed E-state index contributed by atoms with van der Waals surface area (Å²) in [5.74, 6) is -2.52. The largest absolute Gasteiger partial charge is 0.423 e. The molecular weight excluding hydrogens is 458 g/mol. The summed E-state index contributed by atoms with van der Waals surface area (Å²) in [5.41, 5.74) is 0.564. The van der Waals surface area contributed by atoms with Gasteiger partial charge in [-0.15, -0.1) is 0 Å². The second-order valence-electron chi connectivity index (χ2n) is 9.65. The molecule has 0 amide bonds. The van der Waals surface area contributed by atoms with Gasteiger partial charge in [0, 0.05) is 23.9 Å². The van der Waals surface area contributed by atoms with Crippen molar-refractivity contribution >= 4 is 20.8 Å². The summed E-state index contributed by atoms with van der Waals surface area (Å²) < 4.78 is 59.6. The van der Waals surface area contributed by atoms with Gasteiger partial charge >= 0.3 is 5.63 Å². The molecule has 7 heteroatoms. The molecule has 182 valence electrons. The van der Waals surface area contributed by atoms with Gasteiger partial charge in [-0.1, -0.05) is 50.8 Å². The van der Waals surface area contributed by atoms with Crippen LogP contribution in [0.1, 0.15) is 69.1 Å². The fourth-order valence-corrected chi connectivity index (χ4v) is 6.75. The van der Waals surface area contributed by atoms with Crippen LogP contribution in [0.25, 0.3) is 11.0 Å². The van der Waals surface area contributed by atoms with Crippen LogP contribution < -0.4 is 5.63 Å². The standard InChI is InChI=1S/C27H30F2O4S/c1-18-5-3-7-21(8-4-6-18)34(31,32)22-12-9-19(10-13-22)15-20-11-14-25-23(16-20)24(27(2,28)29)17-26(30)33-25/h9-14,16-18,21H,3-8,15H2,1-2H3. The van der Waals surface area contributed by atoms with E-state index >= 15 is 0 Å². The Kier molecular flexibility index (Phi) is 6.94. The van der Waals surface area contributed by atoms with Gasteiger partial charge in [-0.2, -0.15) is 0 Å². The van der Waals surface area contributed by atoms with Crippen LogP contribution in [0.4, 0.5) is 8.78 Å². The van der Waals surface area contributed by atoms with E-state index in [1.807, 2.05) is 0 Å². The van der Waals surface area contributed by atoms with Gasteiger partial charge in [0.1, 0.15) is 5.58 Å². The smallest absolute Gasteiger partial charge is 0.336 e. The predicted octanol–water partition coefficient (Wildman–Crippen LogP) is 6.63. The normalized spacial score (nSPS) is 20.1. The fourth-order valence-electron chi connectivity index (χ4n) is 4.90. The molecule has 0 N–H and O–H groups in total. The lowest BCUT2D eigenvalue weighted by Crippen LogP contribution is -2.23. The maximum absolute atomic E-state index is 14.1. The summed E-state index contributed by atoms with van der Waals surface area (Å²) in [6.45, 7) is 2.98. The van der Waals surface area contributed by atoms with Crippen LogP contribution in [-0.4, -0.2) is 13.7 Å². The first-order valence-electron chi connectivity index (χ1n) is 11.8. The van der Waals surface area contributed by atoms with Crippen LogP contribution in [0, 0.1) is 5.92 Å². The highest BCUT2D eigenvalue weighted by Crippen LogP contribution is 2.33. The van der Waals surface area contributed by atoms with Crippen molar-refractivity contribution in [1.29, 1.82) is 0 Å². The molecule has 0 unspecified atom stereocenters. The van der Waals surface area contributed by atoms with Gasteiger partial charge in [0.25, 0.3) is 5.92 Å². The number of fused-ring (bicyclic) bond motifs is 1. The average Bonchev–Trinajstić information content (AvgIpc) is 2.75. The monoisotopic (exact) mass is 488 g/mol. The van der Waals surface area contributed by atoms with Gasteiger partial charge in [-0.3, -0.25) is 0 Å². The van der Waals surface area contributed by atoms with E-state index in [4.69, 9.17) is 4.42 Å². The highest BCUT2D eigenvalue weighted by Gasteiger charge is 2.29. The number of rotatable bonds is 5. The van der Waals surface area contributed by atoms with Crippen LogP contribution in [0.2, 0.25) is 0 Å². The van der Waals surface area contributed by atoms with Gasteiger partial charge < -0.3 is 4.42 Å². The first-order chi connectivity index (χ1) is 16.0. The summed E-state index contributed by atoms with van der Waals surface area (Å²) >= 11 is 0. The molecule has 2 aromatic carbocycles. The number of benzene rings is 2. The van der Waals surface area contributed by atoms with Crippen LogP contribution in [0.3, 0.4) is 0 Å². The molecule has 0 aliphatic heterocycles. The summed E-state index contributed by atoms with van der Waals surface area (Å²) in [5, 5.41) is -0.141. The van der Waals surface area contributed by atoms with Crippen LogP contribution >= 0.6 is 0 Å². The Hall–Kier alpha value is -2.54. The van der Waals surface area contributed by atoms with Crippen molar-refractivity contribution in [3.05, 3.63) is 75.6 Å². The van der Waals surface area contributed by atoms with E-state index in [9.17, 15) is 22.0 Å². The molecule has 4 nitrogen and oxygen atoms in total. The second kappa shape index (κ2) is 9.61. The zero-order chi connectivity index (χ0) is 24.5. The van der Waals surface area contributed by atoms with E-state index in [0.717, 1.165) is 49.8 Å². The van der Waals surface area contributed by atoms with Gasteiger partial charge in [0.2, 0.25) is 0 Å². The maximum Gasteiger partial charge on any atom is 0.336 e. The van der Waals surface area contributed by atoms with Gasteiger partial charge in [0.05, 0.1) is 10.1 Å². The second-order valence-corrected chi connectivity index (χ2v) is 11.9. The summed E-state index contributed by atoms with van der Waals surface area (Å²) in [7, 11) is -3.39. The molecule has 1 aromatic heterocycles. The number of alkyl halides is 2.